The normalized spacial score (nSPS) is 13.9. The van der Waals surface area contributed by atoms with Crippen LogP contribution in [0.3, 0.4) is 0 Å². The predicted octanol–water partition coefficient (Wildman–Crippen LogP) is 7.82. The highest BCUT2D eigenvalue weighted by Gasteiger charge is 2.22. The molecule has 1 fully saturated rings. The van der Waals surface area contributed by atoms with Crippen LogP contribution in [0.1, 0.15) is 41.0 Å². The van der Waals surface area contributed by atoms with Crippen molar-refractivity contribution < 1.29 is 9.90 Å². The van der Waals surface area contributed by atoms with E-state index in [-0.39, 0.29) is 18.4 Å². The van der Waals surface area contributed by atoms with Gasteiger partial charge in [0.25, 0.3) is 0 Å². The Labute approximate surface area is 255 Å². The predicted molar refractivity (Wildman–Crippen MR) is 170 cm³/mol. The van der Waals surface area contributed by atoms with Crippen LogP contribution in [0.25, 0.3) is 10.9 Å². The number of fused-ring (bicyclic) bond motifs is 1. The van der Waals surface area contributed by atoms with Crippen LogP contribution in [0.4, 0.5) is 11.5 Å². The molecule has 0 unspecified atom stereocenters. The molecule has 0 spiro atoms. The molecule has 0 aliphatic carbocycles. The number of carboxylic acids is 1. The van der Waals surface area contributed by atoms with Gasteiger partial charge in [0.2, 0.25) is 0 Å². The van der Waals surface area contributed by atoms with E-state index in [0.717, 1.165) is 70.6 Å². The Morgan fingerprint density at radius 1 is 0.833 bits per heavy atom. The number of nitrogens with zero attached hydrogens (tertiary/aromatic N) is 3. The minimum Gasteiger partial charge on any atom is -0.481 e. The minimum absolute atomic E-state index is 0.0119. The molecule has 212 valence electrons. The second-order valence-electron chi connectivity index (χ2n) is 10.7. The van der Waals surface area contributed by atoms with Gasteiger partial charge in [0, 0.05) is 46.2 Å². The van der Waals surface area contributed by atoms with Gasteiger partial charge in [0.15, 0.2) is 0 Å². The third-order valence-corrected chi connectivity index (χ3v) is 8.40. The van der Waals surface area contributed by atoms with Crippen LogP contribution in [0.2, 0.25) is 10.0 Å². The number of aliphatic carboxylic acids is 1. The number of aromatic nitrogens is 2. The number of rotatable bonds is 8. The fourth-order valence-electron chi connectivity index (χ4n) is 5.73. The summed E-state index contributed by atoms with van der Waals surface area (Å²) in [5.74, 6) is 0.0101. The summed E-state index contributed by atoms with van der Waals surface area (Å²) in [5.41, 5.74) is 6.22. The van der Waals surface area contributed by atoms with E-state index in [0.29, 0.717) is 10.0 Å². The fourth-order valence-corrected chi connectivity index (χ4v) is 5.98. The van der Waals surface area contributed by atoms with Crippen molar-refractivity contribution in [1.29, 1.82) is 0 Å². The zero-order valence-corrected chi connectivity index (χ0v) is 24.4. The quantitative estimate of drug-likeness (QED) is 0.178. The molecule has 0 atom stereocenters. The highest BCUT2D eigenvalue weighted by atomic mass is 35.5. The van der Waals surface area contributed by atoms with Crippen molar-refractivity contribution >= 4 is 51.6 Å². The third-order valence-electron chi connectivity index (χ3n) is 7.89. The zero-order valence-electron chi connectivity index (χ0n) is 22.9. The van der Waals surface area contributed by atoms with Crippen molar-refractivity contribution in [1.82, 2.24) is 9.97 Å². The molecule has 6 rings (SSSR count). The lowest BCUT2D eigenvalue weighted by atomic mass is 9.84. The maximum Gasteiger partial charge on any atom is 0.307 e. The molecule has 5 aromatic rings. The Balaban J connectivity index is 1.23. The number of hydrogen-bond acceptors (Lipinski definition) is 5. The van der Waals surface area contributed by atoms with E-state index in [4.69, 9.17) is 28.3 Å². The van der Waals surface area contributed by atoms with E-state index in [1.807, 2.05) is 48.5 Å². The van der Waals surface area contributed by atoms with E-state index in [1.54, 1.807) is 6.33 Å². The molecule has 0 radical (unpaired) electrons. The molecular weight excluding hydrogens is 567 g/mol. The lowest BCUT2D eigenvalue weighted by Crippen LogP contribution is -2.39. The van der Waals surface area contributed by atoms with E-state index >= 15 is 0 Å². The average Bonchev–Trinajstić information content (AvgIpc) is 3.00. The van der Waals surface area contributed by atoms with Gasteiger partial charge in [0.05, 0.1) is 11.9 Å². The molecule has 42 heavy (non-hydrogen) atoms. The average molecular weight is 598 g/mol. The summed E-state index contributed by atoms with van der Waals surface area (Å²) in [5, 5.41) is 15.1. The van der Waals surface area contributed by atoms with Crippen molar-refractivity contribution in [3.05, 3.63) is 130 Å². The van der Waals surface area contributed by atoms with Gasteiger partial charge in [-0.15, -0.1) is 0 Å². The van der Waals surface area contributed by atoms with Crippen LogP contribution in [0.5, 0.6) is 0 Å². The van der Waals surface area contributed by atoms with Gasteiger partial charge in [-0.2, -0.15) is 0 Å². The molecule has 2 N–H and O–H groups in total. The monoisotopic (exact) mass is 596 g/mol. The third kappa shape index (κ3) is 6.35. The molecule has 1 aliphatic heterocycles. The summed E-state index contributed by atoms with van der Waals surface area (Å²) in [7, 11) is 0. The van der Waals surface area contributed by atoms with Crippen LogP contribution in [-0.4, -0.2) is 40.2 Å². The van der Waals surface area contributed by atoms with E-state index in [1.165, 1.54) is 0 Å². The highest BCUT2D eigenvalue weighted by molar-refractivity contribution is 6.30. The summed E-state index contributed by atoms with van der Waals surface area (Å²) in [4.78, 5) is 22.6. The van der Waals surface area contributed by atoms with Gasteiger partial charge in [-0.25, -0.2) is 9.97 Å². The molecule has 6 nitrogen and oxygen atoms in total. The van der Waals surface area contributed by atoms with Gasteiger partial charge in [0.1, 0.15) is 12.1 Å². The Morgan fingerprint density at radius 3 is 2.02 bits per heavy atom. The summed E-state index contributed by atoms with van der Waals surface area (Å²) in [6.45, 7) is 1.80. The first-order chi connectivity index (χ1) is 20.4. The Hall–Kier alpha value is -4.13. The van der Waals surface area contributed by atoms with Crippen LogP contribution >= 0.6 is 23.2 Å². The Bertz CT molecular complexity index is 1640. The topological polar surface area (TPSA) is 78.4 Å². The SMILES string of the molecule is O=C(O)Cc1ccc(N2CCC(Nc3ncnc4ccc(C(c5ccc(Cl)cc5)c5ccc(Cl)cc5)cc34)CC2)cc1. The van der Waals surface area contributed by atoms with Crippen molar-refractivity contribution in [2.75, 3.05) is 23.3 Å². The van der Waals surface area contributed by atoms with Crippen molar-refractivity contribution in [2.45, 2.75) is 31.2 Å². The molecule has 1 aliphatic rings. The number of hydrogen-bond donors (Lipinski definition) is 2. The molecule has 8 heteroatoms. The minimum atomic E-state index is -0.815. The number of piperidine rings is 1. The first kappa shape index (κ1) is 28.0. The molecule has 0 saturated carbocycles. The molecule has 1 saturated heterocycles. The number of carboxylic acid groups (broad SMARTS) is 1. The second-order valence-corrected chi connectivity index (χ2v) is 11.6. The summed E-state index contributed by atoms with van der Waals surface area (Å²) < 4.78 is 0. The van der Waals surface area contributed by atoms with Gasteiger partial charge in [-0.1, -0.05) is 65.7 Å². The summed E-state index contributed by atoms with van der Waals surface area (Å²) in [6.07, 6.45) is 3.58. The number of anilines is 2. The van der Waals surface area contributed by atoms with Crippen LogP contribution < -0.4 is 10.2 Å². The van der Waals surface area contributed by atoms with E-state index in [2.05, 4.69) is 62.6 Å². The molecule has 0 amide bonds. The van der Waals surface area contributed by atoms with Crippen LogP contribution in [0, 0.1) is 0 Å². The van der Waals surface area contributed by atoms with E-state index in [9.17, 15) is 4.79 Å². The Morgan fingerprint density at radius 2 is 1.43 bits per heavy atom. The molecular formula is C34H30Cl2N4O2. The van der Waals surface area contributed by atoms with Gasteiger partial charge >= 0.3 is 5.97 Å². The maximum atomic E-state index is 11.0. The first-order valence-corrected chi connectivity index (χ1v) is 14.8. The molecule has 1 aromatic heterocycles. The first-order valence-electron chi connectivity index (χ1n) is 14.0. The second kappa shape index (κ2) is 12.4. The summed E-state index contributed by atoms with van der Waals surface area (Å²) in [6, 6.07) is 30.5. The van der Waals surface area contributed by atoms with Gasteiger partial charge in [-0.05, 0) is 83.6 Å². The summed E-state index contributed by atoms with van der Waals surface area (Å²) >= 11 is 12.4. The number of halogens is 2. The van der Waals surface area contributed by atoms with Crippen molar-refractivity contribution in [3.8, 4) is 0 Å². The molecule has 2 heterocycles. The smallest absolute Gasteiger partial charge is 0.307 e. The fraction of sp³-hybridized carbons (Fsp3) is 0.206. The number of nitrogens with one attached hydrogen (secondary N) is 1. The van der Waals surface area contributed by atoms with Gasteiger partial charge in [-0.3, -0.25) is 4.79 Å². The highest BCUT2D eigenvalue weighted by Crippen LogP contribution is 2.36. The number of benzene rings is 4. The lowest BCUT2D eigenvalue weighted by molar-refractivity contribution is -0.136. The molecule has 4 aromatic carbocycles. The lowest BCUT2D eigenvalue weighted by Gasteiger charge is -2.34. The largest absolute Gasteiger partial charge is 0.481 e. The maximum absolute atomic E-state index is 11.0. The number of carbonyl (C=O) groups is 1. The van der Waals surface area contributed by atoms with Crippen molar-refractivity contribution in [3.63, 3.8) is 0 Å². The van der Waals surface area contributed by atoms with E-state index < -0.39 is 5.97 Å². The van der Waals surface area contributed by atoms with Gasteiger partial charge < -0.3 is 15.3 Å². The Kier molecular flexibility index (Phi) is 8.27. The standard InChI is InChI=1S/C34H30Cl2N4O2/c35-26-8-3-23(4-9-26)33(24-5-10-27(36)11-6-24)25-7-14-31-30(20-25)34(38-21-37-31)39-28-15-17-40(18-16-28)29-12-1-22(2-13-29)19-32(41)42/h1-14,20-21,28,33H,15-19H2,(H,41,42)(H,37,38,39). The molecule has 0 bridgehead atoms. The van der Waals surface area contributed by atoms with Crippen molar-refractivity contribution in [2.24, 2.45) is 0 Å². The van der Waals surface area contributed by atoms with Crippen LogP contribution in [-0.2, 0) is 11.2 Å². The zero-order chi connectivity index (χ0) is 29.1. The van der Waals surface area contributed by atoms with Crippen LogP contribution in [0.15, 0.2) is 97.3 Å².